The van der Waals surface area contributed by atoms with Gasteiger partial charge in [-0.15, -0.1) is 0 Å². The molecule has 6 nitrogen and oxygen atoms in total. The quantitative estimate of drug-likeness (QED) is 0.618. The topological polar surface area (TPSA) is 72.7 Å². The average Bonchev–Trinajstić information content (AvgIpc) is 3.06. The van der Waals surface area contributed by atoms with E-state index in [4.69, 9.17) is 16.3 Å². The summed E-state index contributed by atoms with van der Waals surface area (Å²) in [5, 5.41) is 3.37. The Hall–Kier alpha value is -2.86. The van der Waals surface area contributed by atoms with Crippen LogP contribution in [0.15, 0.2) is 54.9 Å². The first kappa shape index (κ1) is 19.9. The number of carbonyl (C=O) groups is 2. The zero-order chi connectivity index (χ0) is 20.1. The Bertz CT molecular complexity index is 969. The van der Waals surface area contributed by atoms with Gasteiger partial charge in [0.15, 0.2) is 0 Å². The smallest absolute Gasteiger partial charge is 0.329 e. The third-order valence-corrected chi connectivity index (χ3v) is 4.50. The standard InChI is InChI=1S/C21H22ClN3O3/c1-14(2)20(24-19(26)10-15-6-4-3-5-7-15)21(27)28-13-17-12-25-11-16(22)8-9-18(25)23-17/h3-9,11-12,14,20H,10,13H2,1-2H3,(H,24,26)/t20-/m1/s1. The zero-order valence-corrected chi connectivity index (χ0v) is 16.5. The van der Waals surface area contributed by atoms with E-state index >= 15 is 0 Å². The molecular weight excluding hydrogens is 378 g/mol. The number of pyridine rings is 1. The molecule has 0 unspecified atom stereocenters. The molecule has 0 saturated carbocycles. The molecule has 0 bridgehead atoms. The summed E-state index contributed by atoms with van der Waals surface area (Å²) >= 11 is 5.96. The predicted octanol–water partition coefficient (Wildman–Crippen LogP) is 3.41. The SMILES string of the molecule is CC(C)[C@@H](NC(=O)Cc1ccccc1)C(=O)OCc1cn2cc(Cl)ccc2n1. The Morgan fingerprint density at radius 2 is 1.89 bits per heavy atom. The number of benzene rings is 1. The van der Waals surface area contributed by atoms with Gasteiger partial charge in [0.25, 0.3) is 0 Å². The van der Waals surface area contributed by atoms with Crippen molar-refractivity contribution in [2.24, 2.45) is 5.92 Å². The second-order valence-corrected chi connectivity index (χ2v) is 7.34. The first-order valence-corrected chi connectivity index (χ1v) is 9.43. The van der Waals surface area contributed by atoms with E-state index in [1.165, 1.54) is 0 Å². The zero-order valence-electron chi connectivity index (χ0n) is 15.8. The van der Waals surface area contributed by atoms with Crippen LogP contribution < -0.4 is 5.32 Å². The van der Waals surface area contributed by atoms with Crippen LogP contribution in [0.5, 0.6) is 0 Å². The summed E-state index contributed by atoms with van der Waals surface area (Å²) in [6, 6.07) is 12.2. The van der Waals surface area contributed by atoms with Crippen molar-refractivity contribution < 1.29 is 14.3 Å². The lowest BCUT2D eigenvalue weighted by Crippen LogP contribution is -2.45. The van der Waals surface area contributed by atoms with Gasteiger partial charge in [-0.25, -0.2) is 9.78 Å². The van der Waals surface area contributed by atoms with Gasteiger partial charge in [-0.1, -0.05) is 55.8 Å². The highest BCUT2D eigenvalue weighted by Crippen LogP contribution is 2.13. The molecule has 0 aliphatic heterocycles. The van der Waals surface area contributed by atoms with Gasteiger partial charge >= 0.3 is 5.97 Å². The van der Waals surface area contributed by atoms with Crippen LogP contribution in [0.3, 0.4) is 0 Å². The van der Waals surface area contributed by atoms with Crippen molar-refractivity contribution in [2.45, 2.75) is 32.9 Å². The minimum absolute atomic E-state index is 0.0237. The molecule has 1 aromatic carbocycles. The van der Waals surface area contributed by atoms with Gasteiger partial charge in [-0.2, -0.15) is 0 Å². The molecule has 146 valence electrons. The molecule has 2 aromatic heterocycles. The van der Waals surface area contributed by atoms with Crippen LogP contribution in [0.1, 0.15) is 25.1 Å². The van der Waals surface area contributed by atoms with E-state index in [1.54, 1.807) is 28.9 Å². The fraction of sp³-hybridized carbons (Fsp3) is 0.286. The number of rotatable bonds is 7. The Balaban J connectivity index is 1.59. The molecule has 1 amide bonds. The first-order valence-electron chi connectivity index (χ1n) is 9.05. The van der Waals surface area contributed by atoms with Crippen molar-refractivity contribution >= 4 is 29.1 Å². The highest BCUT2D eigenvalue weighted by molar-refractivity contribution is 6.30. The lowest BCUT2D eigenvalue weighted by atomic mass is 10.0. The van der Waals surface area contributed by atoms with Gasteiger partial charge in [0.1, 0.15) is 18.3 Å². The monoisotopic (exact) mass is 399 g/mol. The summed E-state index contributed by atoms with van der Waals surface area (Å²) in [6.07, 6.45) is 3.70. The maximum atomic E-state index is 12.5. The summed E-state index contributed by atoms with van der Waals surface area (Å²) in [6.45, 7) is 3.75. The van der Waals surface area contributed by atoms with Gasteiger partial charge < -0.3 is 14.5 Å². The largest absolute Gasteiger partial charge is 0.458 e. The van der Waals surface area contributed by atoms with E-state index in [0.29, 0.717) is 16.4 Å². The molecular formula is C21H22ClN3O3. The molecule has 2 heterocycles. The number of halogens is 1. The average molecular weight is 400 g/mol. The molecule has 3 aromatic rings. The molecule has 0 aliphatic carbocycles. The maximum absolute atomic E-state index is 12.5. The predicted molar refractivity (Wildman–Crippen MR) is 107 cm³/mol. The second kappa shape index (κ2) is 8.89. The van der Waals surface area contributed by atoms with E-state index in [9.17, 15) is 9.59 Å². The molecule has 1 atom stereocenters. The van der Waals surface area contributed by atoms with Crippen molar-refractivity contribution in [2.75, 3.05) is 0 Å². The molecule has 28 heavy (non-hydrogen) atoms. The molecule has 3 rings (SSSR count). The molecule has 1 N–H and O–H groups in total. The van der Waals surface area contributed by atoms with Crippen molar-refractivity contribution in [3.05, 3.63) is 71.1 Å². The number of nitrogens with zero attached hydrogens (tertiary/aromatic N) is 2. The van der Waals surface area contributed by atoms with E-state index < -0.39 is 12.0 Å². The van der Waals surface area contributed by atoms with Gasteiger partial charge in [0.2, 0.25) is 5.91 Å². The summed E-state index contributed by atoms with van der Waals surface area (Å²) in [4.78, 5) is 29.2. The number of imidazole rings is 1. The first-order chi connectivity index (χ1) is 13.4. The van der Waals surface area contributed by atoms with Crippen LogP contribution in [-0.4, -0.2) is 27.3 Å². The summed E-state index contributed by atoms with van der Waals surface area (Å²) in [7, 11) is 0. The lowest BCUT2D eigenvalue weighted by molar-refractivity contribution is -0.150. The highest BCUT2D eigenvalue weighted by atomic mass is 35.5. The number of fused-ring (bicyclic) bond motifs is 1. The van der Waals surface area contributed by atoms with Gasteiger partial charge in [-0.3, -0.25) is 4.79 Å². The number of aromatic nitrogens is 2. The Morgan fingerprint density at radius 1 is 1.14 bits per heavy atom. The third kappa shape index (κ3) is 5.10. The van der Waals surface area contributed by atoms with Crippen LogP contribution in [0.2, 0.25) is 5.02 Å². The van der Waals surface area contributed by atoms with Crippen LogP contribution >= 0.6 is 11.6 Å². The van der Waals surface area contributed by atoms with Crippen molar-refractivity contribution in [3.63, 3.8) is 0 Å². The van der Waals surface area contributed by atoms with Crippen LogP contribution in [0.25, 0.3) is 5.65 Å². The Kier molecular flexibility index (Phi) is 6.31. The summed E-state index contributed by atoms with van der Waals surface area (Å²) in [5.74, 6) is -0.803. The van der Waals surface area contributed by atoms with E-state index in [2.05, 4.69) is 10.3 Å². The minimum Gasteiger partial charge on any atom is -0.458 e. The van der Waals surface area contributed by atoms with E-state index in [1.807, 2.05) is 44.2 Å². The van der Waals surface area contributed by atoms with E-state index in [-0.39, 0.29) is 24.9 Å². The summed E-state index contributed by atoms with van der Waals surface area (Å²) < 4.78 is 7.17. The van der Waals surface area contributed by atoms with Gasteiger partial charge in [-0.05, 0) is 23.6 Å². The maximum Gasteiger partial charge on any atom is 0.329 e. The molecule has 0 radical (unpaired) electrons. The van der Waals surface area contributed by atoms with Crippen LogP contribution in [0.4, 0.5) is 0 Å². The minimum atomic E-state index is -0.720. The Labute approximate surface area is 168 Å². The molecule has 0 aliphatic rings. The second-order valence-electron chi connectivity index (χ2n) is 6.90. The highest BCUT2D eigenvalue weighted by Gasteiger charge is 2.26. The number of amides is 1. The van der Waals surface area contributed by atoms with Gasteiger partial charge in [0, 0.05) is 12.4 Å². The normalized spacial score (nSPS) is 12.1. The molecule has 0 spiro atoms. The third-order valence-electron chi connectivity index (χ3n) is 4.27. The number of nitrogens with one attached hydrogen (secondary N) is 1. The van der Waals surface area contributed by atoms with Crippen molar-refractivity contribution in [3.8, 4) is 0 Å². The van der Waals surface area contributed by atoms with E-state index in [0.717, 1.165) is 5.56 Å². The fourth-order valence-corrected chi connectivity index (χ4v) is 2.99. The Morgan fingerprint density at radius 3 is 2.61 bits per heavy atom. The fourth-order valence-electron chi connectivity index (χ4n) is 2.83. The molecule has 0 saturated heterocycles. The number of carbonyl (C=O) groups excluding carboxylic acids is 2. The molecule has 0 fully saturated rings. The molecule has 7 heteroatoms. The number of hydrogen-bond donors (Lipinski definition) is 1. The number of hydrogen-bond acceptors (Lipinski definition) is 4. The van der Waals surface area contributed by atoms with Crippen molar-refractivity contribution in [1.82, 2.24) is 14.7 Å². The number of ether oxygens (including phenoxy) is 1. The van der Waals surface area contributed by atoms with Crippen LogP contribution in [0, 0.1) is 5.92 Å². The van der Waals surface area contributed by atoms with Crippen molar-refractivity contribution in [1.29, 1.82) is 0 Å². The van der Waals surface area contributed by atoms with Crippen LogP contribution in [-0.2, 0) is 27.4 Å². The van der Waals surface area contributed by atoms with Gasteiger partial charge in [0.05, 0.1) is 17.1 Å². The summed E-state index contributed by atoms with van der Waals surface area (Å²) in [5.41, 5.74) is 2.21. The lowest BCUT2D eigenvalue weighted by Gasteiger charge is -2.20. The number of esters is 1.